The second-order valence-electron chi connectivity index (χ2n) is 10.5. The van der Waals surface area contributed by atoms with Crippen molar-refractivity contribution in [3.05, 3.63) is 128 Å². The highest BCUT2D eigenvalue weighted by molar-refractivity contribution is 8.04. The number of ether oxygens (including phenoxy) is 2. The summed E-state index contributed by atoms with van der Waals surface area (Å²) in [5, 5.41) is 6.45. The van der Waals surface area contributed by atoms with Crippen molar-refractivity contribution in [1.82, 2.24) is 19.1 Å². The number of halogens is 6. The highest BCUT2D eigenvalue weighted by Crippen LogP contribution is 2.37. The van der Waals surface area contributed by atoms with Crippen LogP contribution in [0.15, 0.2) is 96.8 Å². The monoisotopic (exact) mass is 776 g/mol. The number of hydrogen-bond donors (Lipinski definition) is 0. The highest BCUT2D eigenvalue weighted by atomic mass is 35.5. The zero-order chi connectivity index (χ0) is 32.5. The molecular weight excluding hydrogens is 749 g/mol. The van der Waals surface area contributed by atoms with Crippen LogP contribution in [0.25, 0.3) is 0 Å². The van der Waals surface area contributed by atoms with E-state index in [0.29, 0.717) is 46.4 Å². The molecule has 0 saturated carbocycles. The van der Waals surface area contributed by atoms with E-state index in [-0.39, 0.29) is 33.5 Å². The number of hydrogen-bond acceptors (Lipinski definition) is 6. The zero-order valence-electron chi connectivity index (χ0n) is 24.2. The summed E-state index contributed by atoms with van der Waals surface area (Å²) in [5.41, 5.74) is 1.82. The van der Waals surface area contributed by atoms with Crippen LogP contribution in [0.2, 0.25) is 20.1 Å². The molecule has 4 unspecified atom stereocenters. The summed E-state index contributed by atoms with van der Waals surface area (Å²) in [6.45, 7) is 2.32. The van der Waals surface area contributed by atoms with Crippen LogP contribution < -0.4 is 0 Å². The molecule has 2 aliphatic heterocycles. The molecule has 4 heterocycles. The SMILES string of the molecule is Clc1ccc([C@@H](Cn2ccnc2)OCC2C=CSC2Cl)c(Cl)c1.Clc1ccc([C@H](Cn2ccnc2)OCC2C=CSC2Cl)c(Cl)c1. The maximum Gasteiger partial charge on any atom is 0.102 e. The number of thioether (sulfide) groups is 2. The van der Waals surface area contributed by atoms with Gasteiger partial charge in [0.15, 0.2) is 0 Å². The molecule has 14 heteroatoms. The van der Waals surface area contributed by atoms with Gasteiger partial charge in [0.2, 0.25) is 0 Å². The largest absolute Gasteiger partial charge is 0.371 e. The Labute approximate surface area is 307 Å². The van der Waals surface area contributed by atoms with Crippen molar-refractivity contribution < 1.29 is 9.47 Å². The molecule has 6 atom stereocenters. The topological polar surface area (TPSA) is 54.1 Å². The van der Waals surface area contributed by atoms with Gasteiger partial charge in [0, 0.05) is 67.8 Å². The number of imidazole rings is 2. The lowest BCUT2D eigenvalue weighted by molar-refractivity contribution is 0.0283. The van der Waals surface area contributed by atoms with Crippen LogP contribution in [0.5, 0.6) is 0 Å². The minimum atomic E-state index is -0.197. The molecular formula is C32H30Cl6N4O2S2. The maximum absolute atomic E-state index is 6.36. The van der Waals surface area contributed by atoms with Crippen molar-refractivity contribution in [2.24, 2.45) is 11.8 Å². The lowest BCUT2D eigenvalue weighted by Crippen LogP contribution is -2.19. The van der Waals surface area contributed by atoms with Crippen LogP contribution in [0.3, 0.4) is 0 Å². The third-order valence-electron chi connectivity index (χ3n) is 7.21. The fourth-order valence-electron chi connectivity index (χ4n) is 4.72. The smallest absolute Gasteiger partial charge is 0.102 e. The van der Waals surface area contributed by atoms with Crippen LogP contribution >= 0.6 is 93.1 Å². The van der Waals surface area contributed by atoms with Gasteiger partial charge >= 0.3 is 0 Å². The molecule has 2 aliphatic rings. The summed E-state index contributed by atoms with van der Waals surface area (Å²) >= 11 is 40.4. The van der Waals surface area contributed by atoms with E-state index in [9.17, 15) is 0 Å². The molecule has 6 rings (SSSR count). The molecule has 4 aromatic rings. The average molecular weight is 779 g/mol. The Balaban J connectivity index is 0.000000181. The van der Waals surface area contributed by atoms with Gasteiger partial charge in [0.25, 0.3) is 0 Å². The lowest BCUT2D eigenvalue weighted by Gasteiger charge is -2.22. The molecule has 0 spiro atoms. The third-order valence-corrected chi connectivity index (χ3v) is 11.4. The Morgan fingerprint density at radius 2 is 1.11 bits per heavy atom. The maximum atomic E-state index is 6.36. The quantitative estimate of drug-likeness (QED) is 0.134. The van der Waals surface area contributed by atoms with Gasteiger partial charge in [-0.1, -0.05) is 70.7 Å². The fraction of sp³-hybridized carbons (Fsp3) is 0.312. The van der Waals surface area contributed by atoms with E-state index in [2.05, 4.69) is 22.1 Å². The summed E-state index contributed by atoms with van der Waals surface area (Å²) in [6, 6.07) is 10.9. The van der Waals surface area contributed by atoms with Gasteiger partial charge in [-0.15, -0.1) is 46.7 Å². The number of benzene rings is 2. The van der Waals surface area contributed by atoms with Crippen molar-refractivity contribution in [2.45, 2.75) is 34.7 Å². The summed E-state index contributed by atoms with van der Waals surface area (Å²) in [7, 11) is 0. The van der Waals surface area contributed by atoms with Crippen molar-refractivity contribution in [1.29, 1.82) is 0 Å². The Kier molecular flexibility index (Phi) is 14.0. The first-order valence-corrected chi connectivity index (χ1v) is 18.5. The lowest BCUT2D eigenvalue weighted by atomic mass is 10.1. The van der Waals surface area contributed by atoms with E-state index in [4.69, 9.17) is 79.1 Å². The standard InChI is InChI=1S/2C16H15Cl3N2OS/c2*17-12-1-2-13(14(18)7-12)15(8-21-5-4-20-10-21)22-9-11-3-6-23-16(11)19/h2*1-7,10-11,15-16H,8-9H2/t2*11?,15-,16?/m10/s1. The predicted molar refractivity (Wildman–Crippen MR) is 194 cm³/mol. The minimum Gasteiger partial charge on any atom is -0.371 e. The first kappa shape index (κ1) is 36.0. The van der Waals surface area contributed by atoms with Gasteiger partial charge < -0.3 is 18.6 Å². The van der Waals surface area contributed by atoms with Gasteiger partial charge in [-0.3, -0.25) is 0 Å². The highest BCUT2D eigenvalue weighted by Gasteiger charge is 2.26. The van der Waals surface area contributed by atoms with Gasteiger partial charge in [0.1, 0.15) is 12.2 Å². The molecule has 0 N–H and O–H groups in total. The van der Waals surface area contributed by atoms with Crippen LogP contribution in [-0.2, 0) is 22.6 Å². The van der Waals surface area contributed by atoms with Gasteiger partial charge in [0.05, 0.1) is 48.4 Å². The Hall–Kier alpha value is -1.30. The molecule has 0 bridgehead atoms. The van der Waals surface area contributed by atoms with E-state index in [1.54, 1.807) is 60.7 Å². The fourth-order valence-corrected chi connectivity index (χ4v) is 8.07. The molecule has 0 saturated heterocycles. The van der Waals surface area contributed by atoms with E-state index in [0.717, 1.165) is 11.1 Å². The van der Waals surface area contributed by atoms with Gasteiger partial charge in [-0.25, -0.2) is 9.97 Å². The molecule has 6 nitrogen and oxygen atoms in total. The normalized spacial score (nSPS) is 21.7. The first-order chi connectivity index (χ1) is 22.3. The molecule has 0 amide bonds. The number of nitrogens with zero attached hydrogens (tertiary/aromatic N) is 4. The molecule has 46 heavy (non-hydrogen) atoms. The molecule has 0 radical (unpaired) electrons. The first-order valence-electron chi connectivity index (χ1n) is 14.2. The summed E-state index contributed by atoms with van der Waals surface area (Å²) < 4.78 is 16.3. The van der Waals surface area contributed by atoms with Crippen LogP contribution in [-0.4, -0.2) is 41.7 Å². The Morgan fingerprint density at radius 1 is 0.674 bits per heavy atom. The van der Waals surface area contributed by atoms with Crippen LogP contribution in [0, 0.1) is 11.8 Å². The van der Waals surface area contributed by atoms with E-state index < -0.39 is 0 Å². The average Bonchev–Trinajstić information content (AvgIpc) is 3.85. The van der Waals surface area contributed by atoms with E-state index in [1.165, 1.54) is 0 Å². The van der Waals surface area contributed by atoms with Crippen LogP contribution in [0.4, 0.5) is 0 Å². The van der Waals surface area contributed by atoms with E-state index >= 15 is 0 Å². The second kappa shape index (κ2) is 17.9. The summed E-state index contributed by atoms with van der Waals surface area (Å²) in [5.74, 6) is 0.385. The summed E-state index contributed by atoms with van der Waals surface area (Å²) in [6.07, 6.45) is 14.6. The van der Waals surface area contributed by atoms with Gasteiger partial charge in [-0.05, 0) is 35.1 Å². The van der Waals surface area contributed by atoms with Crippen LogP contribution in [0.1, 0.15) is 23.3 Å². The molecule has 244 valence electrons. The number of rotatable bonds is 12. The Morgan fingerprint density at radius 3 is 1.43 bits per heavy atom. The van der Waals surface area contributed by atoms with Crippen molar-refractivity contribution in [2.75, 3.05) is 13.2 Å². The molecule has 0 aliphatic carbocycles. The minimum absolute atomic E-state index is 0.0181. The van der Waals surface area contributed by atoms with Gasteiger partial charge in [-0.2, -0.15) is 0 Å². The number of alkyl halides is 2. The second-order valence-corrected chi connectivity index (χ2v) is 15.7. The molecule has 0 fully saturated rings. The molecule has 2 aromatic carbocycles. The summed E-state index contributed by atoms with van der Waals surface area (Å²) in [4.78, 5) is 8.15. The van der Waals surface area contributed by atoms with E-state index in [1.807, 2.05) is 56.6 Å². The number of aromatic nitrogens is 4. The van der Waals surface area contributed by atoms with Crippen molar-refractivity contribution in [3.63, 3.8) is 0 Å². The molecule has 2 aromatic heterocycles. The van der Waals surface area contributed by atoms with Crippen molar-refractivity contribution in [3.8, 4) is 0 Å². The third kappa shape index (κ3) is 10.3. The van der Waals surface area contributed by atoms with Crippen molar-refractivity contribution >= 4 is 93.1 Å². The Bertz CT molecular complexity index is 1470. The zero-order valence-corrected chi connectivity index (χ0v) is 30.4. The predicted octanol–water partition coefficient (Wildman–Crippen LogP) is 10.8.